The first-order chi connectivity index (χ1) is 15.1. The highest BCUT2D eigenvalue weighted by atomic mass is 16.5. The predicted molar refractivity (Wildman–Crippen MR) is 120 cm³/mol. The lowest BCUT2D eigenvalue weighted by molar-refractivity contribution is -0.135. The van der Waals surface area contributed by atoms with Crippen molar-refractivity contribution in [2.45, 2.75) is 12.2 Å². The monoisotopic (exact) mass is 418 g/mol. The molecule has 0 heterocycles. The molecule has 2 atom stereocenters. The number of rotatable bonds is 10. The molecular weight excluding hydrogens is 392 g/mol. The second kappa shape index (κ2) is 13.5. The van der Waals surface area contributed by atoms with Gasteiger partial charge in [0.1, 0.15) is 12.2 Å². The molecule has 0 fully saturated rings. The van der Waals surface area contributed by atoms with Crippen LogP contribution in [0.5, 0.6) is 0 Å². The molecule has 0 aliphatic rings. The van der Waals surface area contributed by atoms with Crippen LogP contribution in [0.1, 0.15) is 23.3 Å². The summed E-state index contributed by atoms with van der Waals surface area (Å²) >= 11 is 0. The highest BCUT2D eigenvalue weighted by Crippen LogP contribution is 2.29. The summed E-state index contributed by atoms with van der Waals surface area (Å²) in [6.45, 7) is 0. The zero-order valence-electron chi connectivity index (χ0n) is 17.6. The van der Waals surface area contributed by atoms with Crippen LogP contribution in [-0.4, -0.2) is 26.2 Å². The molecule has 0 spiro atoms. The van der Waals surface area contributed by atoms with E-state index in [9.17, 15) is 9.59 Å². The lowest BCUT2D eigenvalue weighted by atomic mass is 10.1. The van der Waals surface area contributed by atoms with Gasteiger partial charge in [0, 0.05) is 12.2 Å². The van der Waals surface area contributed by atoms with Crippen molar-refractivity contribution in [1.29, 1.82) is 0 Å². The lowest BCUT2D eigenvalue weighted by Crippen LogP contribution is -2.07. The maximum Gasteiger partial charge on any atom is 0.330 e. The van der Waals surface area contributed by atoms with Crippen molar-refractivity contribution < 1.29 is 23.8 Å². The number of methoxy groups -OCH3 is 2. The van der Waals surface area contributed by atoms with Crippen molar-refractivity contribution in [3.63, 3.8) is 0 Å². The summed E-state index contributed by atoms with van der Waals surface area (Å²) in [5, 5.41) is 0. The number of hydrogen-bond donors (Lipinski definition) is 0. The number of esters is 2. The van der Waals surface area contributed by atoms with Gasteiger partial charge in [0.25, 0.3) is 0 Å². The Morgan fingerprint density at radius 3 is 1.39 bits per heavy atom. The summed E-state index contributed by atoms with van der Waals surface area (Å²) in [5.41, 5.74) is 1.93. The van der Waals surface area contributed by atoms with E-state index in [0.717, 1.165) is 11.1 Å². The minimum atomic E-state index is -0.427. The summed E-state index contributed by atoms with van der Waals surface area (Å²) < 4.78 is 15.6. The van der Waals surface area contributed by atoms with Gasteiger partial charge in [-0.3, -0.25) is 0 Å². The van der Waals surface area contributed by atoms with Crippen molar-refractivity contribution >= 4 is 11.9 Å². The molecule has 0 aliphatic heterocycles. The number of benzene rings is 2. The molecule has 5 heteroatoms. The molecule has 160 valence electrons. The van der Waals surface area contributed by atoms with E-state index < -0.39 is 11.9 Å². The minimum absolute atomic E-state index is 0.372. The van der Waals surface area contributed by atoms with Crippen LogP contribution < -0.4 is 0 Å². The molecule has 2 aromatic carbocycles. The normalized spacial score (nSPS) is 13.7. The van der Waals surface area contributed by atoms with E-state index in [1.807, 2.05) is 72.8 Å². The molecule has 31 heavy (non-hydrogen) atoms. The van der Waals surface area contributed by atoms with Gasteiger partial charge in [0.2, 0.25) is 0 Å². The number of carbonyl (C=O) groups is 2. The van der Waals surface area contributed by atoms with Crippen LogP contribution in [-0.2, 0) is 23.8 Å². The summed E-state index contributed by atoms with van der Waals surface area (Å²) in [5.74, 6) is -0.853. The van der Waals surface area contributed by atoms with Crippen molar-refractivity contribution in [2.75, 3.05) is 14.2 Å². The average Bonchev–Trinajstić information content (AvgIpc) is 2.83. The van der Waals surface area contributed by atoms with Gasteiger partial charge in [0.15, 0.2) is 0 Å². The molecule has 0 radical (unpaired) electrons. The molecular formula is C26H26O5. The quantitative estimate of drug-likeness (QED) is 0.307. The molecule has 2 rings (SSSR count). The zero-order chi connectivity index (χ0) is 22.3. The Hall–Kier alpha value is -3.70. The maximum atomic E-state index is 11.3. The summed E-state index contributed by atoms with van der Waals surface area (Å²) in [6, 6.07) is 19.5. The molecule has 0 saturated heterocycles. The number of hydrogen-bond acceptors (Lipinski definition) is 5. The van der Waals surface area contributed by atoms with Crippen LogP contribution in [0.3, 0.4) is 0 Å². The molecule has 5 nitrogen and oxygen atoms in total. The average molecular weight is 418 g/mol. The second-order valence-corrected chi connectivity index (χ2v) is 6.33. The van der Waals surface area contributed by atoms with E-state index in [2.05, 4.69) is 9.47 Å². The zero-order valence-corrected chi connectivity index (χ0v) is 17.6. The Balaban J connectivity index is 2.28. The van der Waals surface area contributed by atoms with Gasteiger partial charge in [-0.2, -0.15) is 0 Å². The fourth-order valence-corrected chi connectivity index (χ4v) is 2.65. The van der Waals surface area contributed by atoms with E-state index in [1.165, 1.54) is 26.4 Å². The third-order valence-corrected chi connectivity index (χ3v) is 4.21. The fourth-order valence-electron chi connectivity index (χ4n) is 2.65. The Kier molecular flexibility index (Phi) is 10.3. The second-order valence-electron chi connectivity index (χ2n) is 6.33. The Morgan fingerprint density at radius 1 is 0.645 bits per heavy atom. The van der Waals surface area contributed by atoms with Gasteiger partial charge in [-0.15, -0.1) is 0 Å². The predicted octanol–water partition coefficient (Wildman–Crippen LogP) is 5.06. The third-order valence-electron chi connectivity index (χ3n) is 4.21. The third kappa shape index (κ3) is 8.68. The van der Waals surface area contributed by atoms with Crippen LogP contribution >= 0.6 is 0 Å². The fraction of sp³-hybridized carbons (Fsp3) is 0.154. The lowest BCUT2D eigenvalue weighted by Gasteiger charge is -2.21. The van der Waals surface area contributed by atoms with E-state index in [4.69, 9.17) is 4.74 Å². The van der Waals surface area contributed by atoms with Crippen molar-refractivity contribution in [1.82, 2.24) is 0 Å². The van der Waals surface area contributed by atoms with Crippen molar-refractivity contribution in [2.24, 2.45) is 0 Å². The van der Waals surface area contributed by atoms with Crippen molar-refractivity contribution in [3.05, 3.63) is 120 Å². The van der Waals surface area contributed by atoms with Gasteiger partial charge >= 0.3 is 11.9 Å². The highest BCUT2D eigenvalue weighted by Gasteiger charge is 2.15. The molecule has 0 bridgehead atoms. The van der Waals surface area contributed by atoms with E-state index in [-0.39, 0.29) is 12.2 Å². The molecule has 0 aromatic heterocycles. The highest BCUT2D eigenvalue weighted by molar-refractivity contribution is 5.82. The van der Waals surface area contributed by atoms with Gasteiger partial charge < -0.3 is 14.2 Å². The number of allylic oxidation sites excluding steroid dienone is 4. The van der Waals surface area contributed by atoms with Gasteiger partial charge in [-0.1, -0.05) is 97.1 Å². The molecule has 0 aliphatic carbocycles. The van der Waals surface area contributed by atoms with Crippen LogP contribution in [0.4, 0.5) is 0 Å². The van der Waals surface area contributed by atoms with Gasteiger partial charge in [-0.05, 0) is 11.1 Å². The summed E-state index contributed by atoms with van der Waals surface area (Å²) in [4.78, 5) is 22.6. The van der Waals surface area contributed by atoms with Crippen LogP contribution in [0, 0.1) is 0 Å². The Bertz CT molecular complexity index is 849. The maximum absolute atomic E-state index is 11.3. The standard InChI is InChI=1S/C26H26O5/c1-29-25(27)19-11-9-17-23(21-13-5-3-6-14-21)31-24(22-15-7-4-8-16-22)18-10-12-20-26(28)30-2/h3-20,23-24H,1-2H3/b17-9+,18-10+,19-11+,20-12+/t23-,24-/m1/s1. The summed E-state index contributed by atoms with van der Waals surface area (Å²) in [6.07, 6.45) is 12.4. The van der Waals surface area contributed by atoms with Crippen molar-refractivity contribution in [3.8, 4) is 0 Å². The largest absolute Gasteiger partial charge is 0.466 e. The topological polar surface area (TPSA) is 61.8 Å². The van der Waals surface area contributed by atoms with Gasteiger partial charge in [-0.25, -0.2) is 9.59 Å². The van der Waals surface area contributed by atoms with E-state index in [1.54, 1.807) is 24.3 Å². The summed E-state index contributed by atoms with van der Waals surface area (Å²) in [7, 11) is 2.66. The van der Waals surface area contributed by atoms with Crippen LogP contribution in [0.2, 0.25) is 0 Å². The molecule has 2 aromatic rings. The SMILES string of the molecule is COC(=O)/C=C/C=C/[C@@H](O[C@H](/C=C/C=C/C(=O)OC)c1ccccc1)c1ccccc1. The molecule has 0 amide bonds. The first-order valence-corrected chi connectivity index (χ1v) is 9.75. The Labute approximate surface area is 183 Å². The Morgan fingerprint density at radius 2 is 1.03 bits per heavy atom. The first kappa shape index (κ1) is 23.6. The smallest absolute Gasteiger partial charge is 0.330 e. The molecule has 0 N–H and O–H groups in total. The van der Waals surface area contributed by atoms with E-state index in [0.29, 0.717) is 0 Å². The molecule has 0 saturated carbocycles. The minimum Gasteiger partial charge on any atom is -0.466 e. The number of ether oxygens (including phenoxy) is 3. The molecule has 0 unspecified atom stereocenters. The number of carbonyl (C=O) groups excluding carboxylic acids is 2. The first-order valence-electron chi connectivity index (χ1n) is 9.75. The van der Waals surface area contributed by atoms with Gasteiger partial charge in [0.05, 0.1) is 14.2 Å². The van der Waals surface area contributed by atoms with Crippen LogP contribution in [0.15, 0.2) is 109 Å². The van der Waals surface area contributed by atoms with Crippen LogP contribution in [0.25, 0.3) is 0 Å². The van der Waals surface area contributed by atoms with E-state index >= 15 is 0 Å².